The highest BCUT2D eigenvalue weighted by Crippen LogP contribution is 2.25. The molecule has 0 saturated carbocycles. The number of hydrogen-bond donors (Lipinski definition) is 0. The number of carbonyl (C=O) groups is 2. The van der Waals surface area contributed by atoms with Crippen molar-refractivity contribution in [2.24, 2.45) is 0 Å². The molecule has 6 nitrogen and oxygen atoms in total. The van der Waals surface area contributed by atoms with E-state index in [9.17, 15) is 18.0 Å². The fourth-order valence-corrected chi connectivity index (χ4v) is 3.55. The highest BCUT2D eigenvalue weighted by Gasteiger charge is 2.31. The Morgan fingerprint density at radius 1 is 1.00 bits per heavy atom. The van der Waals surface area contributed by atoms with Crippen molar-refractivity contribution in [3.05, 3.63) is 72.3 Å². The maximum absolute atomic E-state index is 13.0. The Morgan fingerprint density at radius 2 is 1.56 bits per heavy atom. The average Bonchev–Trinajstić information content (AvgIpc) is 2.61. The first-order valence-electron chi connectivity index (χ1n) is 7.27. The van der Waals surface area contributed by atoms with Crippen LogP contribution in [-0.2, 0) is 19.6 Å². The molecule has 25 heavy (non-hydrogen) atoms. The largest absolute Gasteiger partial charge is 0.465 e. The topological polar surface area (TPSA) is 80.8 Å². The summed E-state index contributed by atoms with van der Waals surface area (Å²) >= 11 is 0. The molecule has 7 heteroatoms. The number of para-hydroxylation sites is 1. The second-order valence-electron chi connectivity index (χ2n) is 5.21. The number of methoxy groups -OCH3 is 1. The minimum Gasteiger partial charge on any atom is -0.465 e. The van der Waals surface area contributed by atoms with Gasteiger partial charge in [-0.2, -0.15) is 4.31 Å². The van der Waals surface area contributed by atoms with Crippen LogP contribution in [0.25, 0.3) is 0 Å². The summed E-state index contributed by atoms with van der Waals surface area (Å²) in [7, 11) is -2.94. The lowest BCUT2D eigenvalue weighted by atomic mass is 10.2. The highest BCUT2D eigenvalue weighted by atomic mass is 32.2. The second kappa shape index (κ2) is 7.31. The van der Waals surface area contributed by atoms with Gasteiger partial charge in [0.25, 0.3) is 15.9 Å². The van der Waals surface area contributed by atoms with Gasteiger partial charge in [-0.05, 0) is 43.3 Å². The molecular formula is C18H17NO5S. The van der Waals surface area contributed by atoms with Gasteiger partial charge >= 0.3 is 5.97 Å². The summed E-state index contributed by atoms with van der Waals surface area (Å²) in [5.74, 6) is -1.31. The first kappa shape index (κ1) is 18.4. The van der Waals surface area contributed by atoms with Gasteiger partial charge in [0.05, 0.1) is 23.3 Å². The second-order valence-corrected chi connectivity index (χ2v) is 6.99. The highest BCUT2D eigenvalue weighted by molar-refractivity contribution is 7.93. The molecule has 0 aliphatic carbocycles. The number of ether oxygens (including phenoxy) is 1. The molecular weight excluding hydrogens is 342 g/mol. The lowest BCUT2D eigenvalue weighted by molar-refractivity contribution is -0.114. The van der Waals surface area contributed by atoms with Crippen LogP contribution in [0.1, 0.15) is 17.3 Å². The molecule has 0 unspecified atom stereocenters. The zero-order valence-corrected chi connectivity index (χ0v) is 14.6. The number of carbonyl (C=O) groups excluding carboxylic acids is 2. The van der Waals surface area contributed by atoms with Gasteiger partial charge in [-0.1, -0.05) is 24.8 Å². The van der Waals surface area contributed by atoms with E-state index < -0.39 is 21.9 Å². The molecule has 130 valence electrons. The van der Waals surface area contributed by atoms with Gasteiger partial charge in [0.1, 0.15) is 0 Å². The summed E-state index contributed by atoms with van der Waals surface area (Å²) in [6.07, 6.45) is 0. The van der Waals surface area contributed by atoms with Gasteiger partial charge in [-0.15, -0.1) is 0 Å². The fraction of sp³-hybridized carbons (Fsp3) is 0.111. The lowest BCUT2D eigenvalue weighted by Crippen LogP contribution is -2.37. The quantitative estimate of drug-likeness (QED) is 0.606. The first-order valence-corrected chi connectivity index (χ1v) is 8.71. The van der Waals surface area contributed by atoms with E-state index in [0.29, 0.717) is 4.31 Å². The molecule has 0 aliphatic heterocycles. The molecule has 2 aromatic rings. The molecule has 0 N–H and O–H groups in total. The summed E-state index contributed by atoms with van der Waals surface area (Å²) in [4.78, 5) is 23.8. The van der Waals surface area contributed by atoms with Crippen LogP contribution in [0.5, 0.6) is 0 Å². The molecule has 0 fully saturated rings. The van der Waals surface area contributed by atoms with E-state index in [4.69, 9.17) is 0 Å². The van der Waals surface area contributed by atoms with Gasteiger partial charge in [0.2, 0.25) is 0 Å². The van der Waals surface area contributed by atoms with E-state index in [1.54, 1.807) is 18.2 Å². The molecule has 2 rings (SSSR count). The summed E-state index contributed by atoms with van der Waals surface area (Å²) < 4.78 is 31.2. The molecule has 2 aromatic carbocycles. The van der Waals surface area contributed by atoms with Crippen molar-refractivity contribution >= 4 is 27.6 Å². The zero-order valence-electron chi connectivity index (χ0n) is 13.8. The number of anilines is 1. The Labute approximate surface area is 146 Å². The summed E-state index contributed by atoms with van der Waals surface area (Å²) in [5.41, 5.74) is 0.491. The molecule has 0 radical (unpaired) electrons. The van der Waals surface area contributed by atoms with Gasteiger partial charge in [-0.25, -0.2) is 13.2 Å². The van der Waals surface area contributed by atoms with Crippen molar-refractivity contribution in [3.63, 3.8) is 0 Å². The average molecular weight is 359 g/mol. The number of nitrogens with zero attached hydrogens (tertiary/aromatic N) is 1. The van der Waals surface area contributed by atoms with Crippen LogP contribution in [-0.4, -0.2) is 27.4 Å². The van der Waals surface area contributed by atoms with Gasteiger partial charge in [-0.3, -0.25) is 4.79 Å². The smallest absolute Gasteiger partial charge is 0.337 e. The SMILES string of the molecule is C=C(C)C(=O)N(c1ccccc1)S(=O)(=O)c1ccc(C(=O)OC)cc1. The maximum atomic E-state index is 13.0. The summed E-state index contributed by atoms with van der Waals surface area (Å²) in [5, 5.41) is 0. The van der Waals surface area contributed by atoms with E-state index in [1.807, 2.05) is 0 Å². The Bertz CT molecular complexity index is 902. The summed E-state index contributed by atoms with van der Waals surface area (Å²) in [6.45, 7) is 4.98. The van der Waals surface area contributed by atoms with Crippen LogP contribution in [0.4, 0.5) is 5.69 Å². The normalized spacial score (nSPS) is 10.8. The molecule has 0 aliphatic rings. The Morgan fingerprint density at radius 3 is 2.04 bits per heavy atom. The molecule has 0 aromatic heterocycles. The zero-order chi connectivity index (χ0) is 18.6. The number of esters is 1. The molecule has 1 amide bonds. The lowest BCUT2D eigenvalue weighted by Gasteiger charge is -2.22. The maximum Gasteiger partial charge on any atom is 0.337 e. The van der Waals surface area contributed by atoms with Gasteiger partial charge in [0.15, 0.2) is 0 Å². The molecule has 0 bridgehead atoms. The Balaban J connectivity index is 2.54. The standard InChI is InChI=1S/C18H17NO5S/c1-13(2)17(20)19(15-7-5-4-6-8-15)25(22,23)16-11-9-14(10-12-16)18(21)24-3/h4-12H,1H2,2-3H3. The van der Waals surface area contributed by atoms with E-state index >= 15 is 0 Å². The molecule has 0 spiro atoms. The third kappa shape index (κ3) is 3.77. The van der Waals surface area contributed by atoms with Crippen molar-refractivity contribution in [3.8, 4) is 0 Å². The fourth-order valence-electron chi connectivity index (χ4n) is 2.09. The third-order valence-electron chi connectivity index (χ3n) is 3.35. The van der Waals surface area contributed by atoms with Gasteiger partial charge < -0.3 is 4.74 Å². The van der Waals surface area contributed by atoms with E-state index in [0.717, 1.165) is 0 Å². The van der Waals surface area contributed by atoms with E-state index in [-0.39, 0.29) is 21.7 Å². The first-order chi connectivity index (χ1) is 11.8. The van der Waals surface area contributed by atoms with Crippen LogP contribution in [0.3, 0.4) is 0 Å². The van der Waals surface area contributed by atoms with E-state index in [2.05, 4.69) is 11.3 Å². The Kier molecular flexibility index (Phi) is 5.38. The molecule has 0 heterocycles. The monoisotopic (exact) mass is 359 g/mol. The number of sulfonamides is 1. The minimum atomic E-state index is -4.18. The van der Waals surface area contributed by atoms with Crippen LogP contribution in [0, 0.1) is 0 Å². The third-order valence-corrected chi connectivity index (χ3v) is 5.08. The number of benzene rings is 2. The van der Waals surface area contributed by atoms with Crippen molar-refractivity contribution in [2.45, 2.75) is 11.8 Å². The predicted octanol–water partition coefficient (Wildman–Crippen LogP) is 2.77. The van der Waals surface area contributed by atoms with Crippen molar-refractivity contribution < 1.29 is 22.7 Å². The number of amides is 1. The van der Waals surface area contributed by atoms with Crippen molar-refractivity contribution in [1.82, 2.24) is 0 Å². The van der Waals surface area contributed by atoms with Crippen LogP contribution in [0.2, 0.25) is 0 Å². The minimum absolute atomic E-state index is 0.0820. The van der Waals surface area contributed by atoms with Crippen LogP contribution in [0.15, 0.2) is 71.6 Å². The van der Waals surface area contributed by atoms with Crippen LogP contribution >= 0.6 is 0 Å². The molecule has 0 saturated heterocycles. The van der Waals surface area contributed by atoms with Gasteiger partial charge in [0, 0.05) is 5.57 Å². The number of hydrogen-bond acceptors (Lipinski definition) is 5. The Hall–Kier alpha value is -2.93. The van der Waals surface area contributed by atoms with Crippen LogP contribution < -0.4 is 4.31 Å². The summed E-state index contributed by atoms with van der Waals surface area (Å²) in [6, 6.07) is 13.2. The molecule has 0 atom stereocenters. The van der Waals surface area contributed by atoms with Crippen molar-refractivity contribution in [2.75, 3.05) is 11.4 Å². The van der Waals surface area contributed by atoms with E-state index in [1.165, 1.54) is 50.4 Å². The van der Waals surface area contributed by atoms with Crippen molar-refractivity contribution in [1.29, 1.82) is 0 Å². The predicted molar refractivity (Wildman–Crippen MR) is 93.7 cm³/mol. The number of rotatable bonds is 5.